The number of hydrogen-bond acceptors (Lipinski definition) is 2. The number of nitrogens with two attached hydrogens (primary N) is 1. The van der Waals surface area contributed by atoms with Gasteiger partial charge in [0.05, 0.1) is 0 Å². The molecule has 0 aromatic rings. The molecular formula is C9H18N2O. The smallest absolute Gasteiger partial charge is 0.246 e. The maximum Gasteiger partial charge on any atom is 0.246 e. The van der Waals surface area contributed by atoms with Crippen LogP contribution in [0.25, 0.3) is 0 Å². The van der Waals surface area contributed by atoms with Gasteiger partial charge in [-0.3, -0.25) is 4.79 Å². The Labute approximate surface area is 74.2 Å². The summed E-state index contributed by atoms with van der Waals surface area (Å²) in [7, 11) is 0. The molecule has 3 heteroatoms. The summed E-state index contributed by atoms with van der Waals surface area (Å²) >= 11 is 0. The van der Waals surface area contributed by atoms with Crippen LogP contribution in [0.15, 0.2) is 11.8 Å². The van der Waals surface area contributed by atoms with Gasteiger partial charge in [0.1, 0.15) is 0 Å². The molecule has 0 aliphatic rings. The van der Waals surface area contributed by atoms with Crippen molar-refractivity contribution in [2.45, 2.75) is 27.2 Å². The van der Waals surface area contributed by atoms with E-state index >= 15 is 0 Å². The quantitative estimate of drug-likeness (QED) is 0.628. The standard InChI is InChI=1S/C9H18N2O/c1-4-8(9(10)12)7-11(5-2)6-3/h7H,4-6H2,1-3H3,(H2,10,12). The Morgan fingerprint density at radius 3 is 2.08 bits per heavy atom. The average Bonchev–Trinajstić information content (AvgIpc) is 2.06. The van der Waals surface area contributed by atoms with Crippen molar-refractivity contribution < 1.29 is 4.79 Å². The fourth-order valence-electron chi connectivity index (χ4n) is 0.956. The van der Waals surface area contributed by atoms with Crippen LogP contribution in [0.2, 0.25) is 0 Å². The fourth-order valence-corrected chi connectivity index (χ4v) is 0.956. The maximum absolute atomic E-state index is 10.8. The van der Waals surface area contributed by atoms with E-state index in [1.54, 1.807) is 0 Å². The molecule has 0 rings (SSSR count). The average molecular weight is 170 g/mol. The monoisotopic (exact) mass is 170 g/mol. The minimum atomic E-state index is -0.315. The normalized spacial score (nSPS) is 11.4. The largest absolute Gasteiger partial charge is 0.378 e. The van der Waals surface area contributed by atoms with Gasteiger partial charge in [0, 0.05) is 24.9 Å². The topological polar surface area (TPSA) is 46.3 Å². The Bertz CT molecular complexity index is 171. The molecule has 12 heavy (non-hydrogen) atoms. The van der Waals surface area contributed by atoms with Gasteiger partial charge in [-0.25, -0.2) is 0 Å². The molecule has 0 saturated carbocycles. The summed E-state index contributed by atoms with van der Waals surface area (Å²) in [5, 5.41) is 0. The molecule has 0 saturated heterocycles. The van der Waals surface area contributed by atoms with Crippen molar-refractivity contribution in [1.82, 2.24) is 4.90 Å². The molecule has 2 N–H and O–H groups in total. The molecule has 0 aromatic heterocycles. The number of carbonyl (C=O) groups is 1. The lowest BCUT2D eigenvalue weighted by Crippen LogP contribution is -2.21. The highest BCUT2D eigenvalue weighted by atomic mass is 16.1. The first-order valence-electron chi connectivity index (χ1n) is 4.40. The van der Waals surface area contributed by atoms with E-state index in [0.717, 1.165) is 13.1 Å². The molecule has 0 atom stereocenters. The molecule has 1 amide bonds. The molecule has 0 aromatic carbocycles. The highest BCUT2D eigenvalue weighted by molar-refractivity contribution is 5.91. The first-order valence-corrected chi connectivity index (χ1v) is 4.40. The van der Waals surface area contributed by atoms with Crippen molar-refractivity contribution in [2.75, 3.05) is 13.1 Å². The van der Waals surface area contributed by atoms with Crippen LogP contribution in [0.5, 0.6) is 0 Å². The molecule has 0 radical (unpaired) electrons. The lowest BCUT2D eigenvalue weighted by Gasteiger charge is -2.16. The molecule has 0 heterocycles. The Hall–Kier alpha value is -0.990. The number of hydrogen-bond donors (Lipinski definition) is 1. The van der Waals surface area contributed by atoms with Crippen LogP contribution in [0, 0.1) is 0 Å². The second kappa shape index (κ2) is 5.63. The van der Waals surface area contributed by atoms with Crippen LogP contribution in [-0.2, 0) is 4.79 Å². The van der Waals surface area contributed by atoms with Gasteiger partial charge >= 0.3 is 0 Å². The summed E-state index contributed by atoms with van der Waals surface area (Å²) in [4.78, 5) is 12.9. The summed E-state index contributed by atoms with van der Waals surface area (Å²) in [6.45, 7) is 7.85. The third-order valence-electron chi connectivity index (χ3n) is 1.85. The number of primary amides is 1. The second-order valence-electron chi connectivity index (χ2n) is 2.59. The summed E-state index contributed by atoms with van der Waals surface area (Å²) in [6, 6.07) is 0. The third-order valence-corrected chi connectivity index (χ3v) is 1.85. The highest BCUT2D eigenvalue weighted by Gasteiger charge is 2.02. The van der Waals surface area contributed by atoms with E-state index < -0.39 is 0 Å². The minimum Gasteiger partial charge on any atom is -0.378 e. The first kappa shape index (κ1) is 11.0. The Morgan fingerprint density at radius 1 is 1.33 bits per heavy atom. The molecule has 3 nitrogen and oxygen atoms in total. The molecule has 0 aliphatic carbocycles. The van der Waals surface area contributed by atoms with E-state index in [0.29, 0.717) is 12.0 Å². The molecule has 0 spiro atoms. The number of carbonyl (C=O) groups excluding carboxylic acids is 1. The highest BCUT2D eigenvalue weighted by Crippen LogP contribution is 2.01. The maximum atomic E-state index is 10.8. The van der Waals surface area contributed by atoms with Gasteiger partial charge in [-0.1, -0.05) is 6.92 Å². The number of nitrogens with zero attached hydrogens (tertiary/aromatic N) is 1. The number of amides is 1. The van der Waals surface area contributed by atoms with Gasteiger partial charge in [0.25, 0.3) is 0 Å². The van der Waals surface area contributed by atoms with Gasteiger partial charge in [-0.2, -0.15) is 0 Å². The summed E-state index contributed by atoms with van der Waals surface area (Å²) in [6.07, 6.45) is 2.55. The zero-order valence-electron chi connectivity index (χ0n) is 8.13. The summed E-state index contributed by atoms with van der Waals surface area (Å²) in [5.41, 5.74) is 5.86. The lowest BCUT2D eigenvalue weighted by atomic mass is 10.2. The van der Waals surface area contributed by atoms with Gasteiger partial charge in [0.2, 0.25) is 5.91 Å². The van der Waals surface area contributed by atoms with Crippen LogP contribution < -0.4 is 5.73 Å². The van der Waals surface area contributed by atoms with Crippen LogP contribution >= 0.6 is 0 Å². The molecular weight excluding hydrogens is 152 g/mol. The van der Waals surface area contributed by atoms with Crippen molar-refractivity contribution in [3.05, 3.63) is 11.8 Å². The summed E-state index contributed by atoms with van der Waals surface area (Å²) < 4.78 is 0. The minimum absolute atomic E-state index is 0.315. The van der Waals surface area contributed by atoms with E-state index in [2.05, 4.69) is 4.90 Å². The fraction of sp³-hybridized carbons (Fsp3) is 0.667. The van der Waals surface area contributed by atoms with E-state index in [9.17, 15) is 4.79 Å². The molecule has 0 bridgehead atoms. The van der Waals surface area contributed by atoms with Crippen molar-refractivity contribution in [3.8, 4) is 0 Å². The van der Waals surface area contributed by atoms with Crippen LogP contribution in [0.4, 0.5) is 0 Å². The molecule has 70 valence electrons. The zero-order valence-corrected chi connectivity index (χ0v) is 8.13. The predicted molar refractivity (Wildman–Crippen MR) is 50.5 cm³/mol. The van der Waals surface area contributed by atoms with Crippen LogP contribution in [0.3, 0.4) is 0 Å². The SMILES string of the molecule is CCC(=CN(CC)CC)C(N)=O. The van der Waals surface area contributed by atoms with Crippen molar-refractivity contribution in [1.29, 1.82) is 0 Å². The van der Waals surface area contributed by atoms with Crippen molar-refractivity contribution >= 4 is 5.91 Å². The molecule has 0 aliphatic heterocycles. The Morgan fingerprint density at radius 2 is 1.83 bits per heavy atom. The molecule has 0 fully saturated rings. The van der Waals surface area contributed by atoms with E-state index in [1.165, 1.54) is 0 Å². The van der Waals surface area contributed by atoms with Crippen LogP contribution in [0.1, 0.15) is 27.2 Å². The van der Waals surface area contributed by atoms with E-state index in [4.69, 9.17) is 5.73 Å². The third kappa shape index (κ3) is 3.42. The second-order valence-corrected chi connectivity index (χ2v) is 2.59. The Balaban J connectivity index is 4.34. The van der Waals surface area contributed by atoms with Gasteiger partial charge < -0.3 is 10.6 Å². The first-order chi connectivity index (χ1) is 5.65. The van der Waals surface area contributed by atoms with E-state index in [-0.39, 0.29) is 5.91 Å². The lowest BCUT2D eigenvalue weighted by molar-refractivity contribution is -0.114. The van der Waals surface area contributed by atoms with Gasteiger partial charge in [-0.15, -0.1) is 0 Å². The number of rotatable bonds is 5. The predicted octanol–water partition coefficient (Wildman–Crippen LogP) is 1.11. The van der Waals surface area contributed by atoms with Gasteiger partial charge in [-0.05, 0) is 20.3 Å². The van der Waals surface area contributed by atoms with E-state index in [1.807, 2.05) is 27.0 Å². The van der Waals surface area contributed by atoms with Gasteiger partial charge in [0.15, 0.2) is 0 Å². The molecule has 0 unspecified atom stereocenters. The zero-order chi connectivity index (χ0) is 9.56. The van der Waals surface area contributed by atoms with Crippen LogP contribution in [-0.4, -0.2) is 23.9 Å². The van der Waals surface area contributed by atoms with Crippen molar-refractivity contribution in [2.24, 2.45) is 5.73 Å². The van der Waals surface area contributed by atoms with Crippen molar-refractivity contribution in [3.63, 3.8) is 0 Å². The Kier molecular flexibility index (Phi) is 5.17. The summed E-state index contributed by atoms with van der Waals surface area (Å²) in [5.74, 6) is -0.315.